The largest absolute Gasteiger partial charge is 0.506 e. The van der Waals surface area contributed by atoms with Crippen LogP contribution in [-0.2, 0) is 21.8 Å². The molecule has 1 rings (SSSR count). The van der Waals surface area contributed by atoms with Crippen LogP contribution >= 0.6 is 0 Å². The van der Waals surface area contributed by atoms with Crippen molar-refractivity contribution in [1.29, 1.82) is 0 Å². The summed E-state index contributed by atoms with van der Waals surface area (Å²) >= 11 is 0. The average Bonchev–Trinajstić information content (AvgIpc) is 2.25. The Morgan fingerprint density at radius 3 is 2.20 bits per heavy atom. The molecular weight excluding hydrogens is 274 g/mol. The predicted octanol–water partition coefficient (Wildman–Crippen LogP) is 2.58. The van der Waals surface area contributed by atoms with Gasteiger partial charge in [0.1, 0.15) is 10.6 Å². The molecule has 0 radical (unpaired) electrons. The average molecular weight is 299 g/mol. The summed E-state index contributed by atoms with van der Waals surface area (Å²) in [6, 6.07) is 3.36. The van der Waals surface area contributed by atoms with Gasteiger partial charge in [-0.1, -0.05) is 40.7 Å². The number of sulfone groups is 1. The lowest BCUT2D eigenvalue weighted by molar-refractivity contribution is 0.449. The summed E-state index contributed by atoms with van der Waals surface area (Å²) in [6.07, 6.45) is 0. The Morgan fingerprint density at radius 2 is 1.80 bits per heavy atom. The highest BCUT2D eigenvalue weighted by molar-refractivity contribution is 7.91. The van der Waals surface area contributed by atoms with Gasteiger partial charge in [0.25, 0.3) is 0 Å². The Labute approximate surface area is 121 Å². The first-order valence-corrected chi connectivity index (χ1v) is 8.43. The van der Waals surface area contributed by atoms with Crippen molar-refractivity contribution in [2.75, 3.05) is 5.75 Å². The molecule has 5 heteroatoms. The van der Waals surface area contributed by atoms with Crippen LogP contribution in [-0.4, -0.2) is 19.3 Å². The van der Waals surface area contributed by atoms with Crippen LogP contribution in [0.4, 0.5) is 0 Å². The van der Waals surface area contributed by atoms with Crippen molar-refractivity contribution in [3.63, 3.8) is 0 Å². The third-order valence-electron chi connectivity index (χ3n) is 3.13. The molecule has 4 nitrogen and oxygen atoms in total. The summed E-state index contributed by atoms with van der Waals surface area (Å²) in [4.78, 5) is -0.000856. The molecule has 0 aromatic heterocycles. The first-order chi connectivity index (χ1) is 8.99. The maximum absolute atomic E-state index is 12.4. The molecule has 0 aliphatic heterocycles. The normalized spacial score (nSPS) is 12.9. The molecule has 0 aliphatic carbocycles. The molecule has 0 unspecified atom stereocenters. The highest BCUT2D eigenvalue weighted by Crippen LogP contribution is 2.34. The van der Waals surface area contributed by atoms with Gasteiger partial charge in [0.05, 0.1) is 5.75 Å². The van der Waals surface area contributed by atoms with Crippen molar-refractivity contribution in [3.8, 4) is 5.75 Å². The Bertz CT molecular complexity index is 584. The van der Waals surface area contributed by atoms with Crippen molar-refractivity contribution in [1.82, 2.24) is 0 Å². The van der Waals surface area contributed by atoms with E-state index in [-0.39, 0.29) is 34.3 Å². The van der Waals surface area contributed by atoms with Crippen LogP contribution in [0.5, 0.6) is 5.75 Å². The first-order valence-electron chi connectivity index (χ1n) is 6.78. The van der Waals surface area contributed by atoms with E-state index in [4.69, 9.17) is 5.73 Å². The lowest BCUT2D eigenvalue weighted by Gasteiger charge is -2.22. The Balaban J connectivity index is 3.54. The second-order valence-corrected chi connectivity index (χ2v) is 8.61. The smallest absolute Gasteiger partial charge is 0.182 e. The van der Waals surface area contributed by atoms with Gasteiger partial charge in [-0.15, -0.1) is 0 Å². The highest BCUT2D eigenvalue weighted by Gasteiger charge is 2.25. The van der Waals surface area contributed by atoms with Crippen LogP contribution in [0, 0.1) is 5.92 Å². The van der Waals surface area contributed by atoms with Crippen molar-refractivity contribution >= 4 is 9.84 Å². The van der Waals surface area contributed by atoms with Crippen LogP contribution in [0.1, 0.15) is 45.7 Å². The molecule has 1 aromatic carbocycles. The van der Waals surface area contributed by atoms with Crippen molar-refractivity contribution < 1.29 is 13.5 Å². The van der Waals surface area contributed by atoms with E-state index >= 15 is 0 Å². The van der Waals surface area contributed by atoms with Crippen molar-refractivity contribution in [3.05, 3.63) is 23.3 Å². The number of hydrogen-bond donors (Lipinski definition) is 2. The molecule has 3 N–H and O–H groups in total. The zero-order chi connectivity index (χ0) is 15.7. The number of hydrogen-bond acceptors (Lipinski definition) is 4. The number of benzene rings is 1. The van der Waals surface area contributed by atoms with Crippen LogP contribution < -0.4 is 5.73 Å². The predicted molar refractivity (Wildman–Crippen MR) is 81.6 cm³/mol. The van der Waals surface area contributed by atoms with E-state index in [2.05, 4.69) is 0 Å². The molecule has 0 saturated heterocycles. The number of phenols is 1. The van der Waals surface area contributed by atoms with Gasteiger partial charge in [-0.25, -0.2) is 8.42 Å². The molecule has 0 saturated carbocycles. The minimum Gasteiger partial charge on any atom is -0.506 e. The van der Waals surface area contributed by atoms with Gasteiger partial charge in [0.2, 0.25) is 0 Å². The van der Waals surface area contributed by atoms with Crippen LogP contribution in [0.15, 0.2) is 17.0 Å². The minimum atomic E-state index is -3.51. The first kappa shape index (κ1) is 17.0. The van der Waals surface area contributed by atoms with Crippen molar-refractivity contribution in [2.45, 2.75) is 51.5 Å². The number of phenolic OH excluding ortho intramolecular Hbond substituents is 1. The molecule has 114 valence electrons. The van der Waals surface area contributed by atoms with Gasteiger partial charge in [-0.05, 0) is 23.0 Å². The van der Waals surface area contributed by atoms with E-state index in [0.29, 0.717) is 5.56 Å². The zero-order valence-electron chi connectivity index (χ0n) is 12.9. The SMILES string of the molecule is CC(C)CS(=O)(=O)c1cc(C(C)(C)C)cc(CN)c1O. The molecule has 20 heavy (non-hydrogen) atoms. The van der Waals surface area contributed by atoms with E-state index in [1.54, 1.807) is 12.1 Å². The standard InChI is InChI=1S/C15H25NO3S/c1-10(2)9-20(18,19)13-7-12(15(3,4)5)6-11(8-16)14(13)17/h6-7,10,17H,8-9,16H2,1-5H3. The number of aromatic hydroxyl groups is 1. The zero-order valence-corrected chi connectivity index (χ0v) is 13.7. The monoisotopic (exact) mass is 299 g/mol. The fourth-order valence-electron chi connectivity index (χ4n) is 2.02. The van der Waals surface area contributed by atoms with E-state index in [1.165, 1.54) is 0 Å². The Morgan fingerprint density at radius 1 is 1.25 bits per heavy atom. The summed E-state index contributed by atoms with van der Waals surface area (Å²) in [5.74, 6) is -0.196. The molecule has 0 amide bonds. The van der Waals surface area contributed by atoms with E-state index < -0.39 is 9.84 Å². The minimum absolute atomic E-state index is 0.000856. The molecular formula is C15H25NO3S. The topological polar surface area (TPSA) is 80.4 Å². The summed E-state index contributed by atoms with van der Waals surface area (Å²) in [6.45, 7) is 9.79. The van der Waals surface area contributed by atoms with E-state index in [1.807, 2.05) is 34.6 Å². The second kappa shape index (κ2) is 5.74. The van der Waals surface area contributed by atoms with E-state index in [0.717, 1.165) is 5.56 Å². The van der Waals surface area contributed by atoms with Gasteiger partial charge >= 0.3 is 0 Å². The van der Waals surface area contributed by atoms with Crippen molar-refractivity contribution in [2.24, 2.45) is 11.7 Å². The summed E-state index contributed by atoms with van der Waals surface area (Å²) < 4.78 is 24.8. The molecule has 0 atom stereocenters. The highest BCUT2D eigenvalue weighted by atomic mass is 32.2. The Hall–Kier alpha value is -1.07. The summed E-state index contributed by atoms with van der Waals surface area (Å²) in [5.41, 5.74) is 6.74. The lowest BCUT2D eigenvalue weighted by Crippen LogP contribution is -2.17. The number of rotatable bonds is 4. The van der Waals surface area contributed by atoms with Crippen LogP contribution in [0.25, 0.3) is 0 Å². The molecule has 0 bridgehead atoms. The van der Waals surface area contributed by atoms with Gasteiger partial charge in [-0.3, -0.25) is 0 Å². The summed E-state index contributed by atoms with van der Waals surface area (Å²) in [5, 5.41) is 10.2. The van der Waals surface area contributed by atoms with Crippen LogP contribution in [0.3, 0.4) is 0 Å². The Kier molecular flexibility index (Phi) is 4.87. The van der Waals surface area contributed by atoms with Gasteiger partial charge in [-0.2, -0.15) is 0 Å². The van der Waals surface area contributed by atoms with E-state index in [9.17, 15) is 13.5 Å². The molecule has 0 fully saturated rings. The lowest BCUT2D eigenvalue weighted by atomic mass is 9.86. The van der Waals surface area contributed by atoms with Gasteiger partial charge < -0.3 is 10.8 Å². The second-order valence-electron chi connectivity index (χ2n) is 6.61. The third-order valence-corrected chi connectivity index (χ3v) is 5.21. The molecule has 1 aromatic rings. The molecule has 0 heterocycles. The maximum Gasteiger partial charge on any atom is 0.182 e. The van der Waals surface area contributed by atoms with Gasteiger partial charge in [0, 0.05) is 12.1 Å². The van der Waals surface area contributed by atoms with Crippen LogP contribution in [0.2, 0.25) is 0 Å². The molecule has 0 spiro atoms. The summed E-state index contributed by atoms with van der Waals surface area (Å²) in [7, 11) is -3.51. The fourth-order valence-corrected chi connectivity index (χ4v) is 3.81. The van der Waals surface area contributed by atoms with Gasteiger partial charge in [0.15, 0.2) is 9.84 Å². The quantitative estimate of drug-likeness (QED) is 0.895. The number of nitrogens with two attached hydrogens (primary N) is 1. The fraction of sp³-hybridized carbons (Fsp3) is 0.600. The molecule has 0 aliphatic rings. The third kappa shape index (κ3) is 3.73. The maximum atomic E-state index is 12.4.